The van der Waals surface area contributed by atoms with E-state index in [4.69, 9.17) is 24.2 Å². The zero-order valence-corrected chi connectivity index (χ0v) is 27.2. The lowest BCUT2D eigenvalue weighted by Gasteiger charge is -2.27. The van der Waals surface area contributed by atoms with E-state index >= 15 is 0 Å². The highest BCUT2D eigenvalue weighted by Crippen LogP contribution is 2.35. The summed E-state index contributed by atoms with van der Waals surface area (Å²) in [6.07, 6.45) is 7.40. The van der Waals surface area contributed by atoms with E-state index in [-0.39, 0.29) is 66.7 Å². The first kappa shape index (κ1) is 37.2. The summed E-state index contributed by atoms with van der Waals surface area (Å²) in [6.45, 7) is 0.909. The van der Waals surface area contributed by atoms with Crippen LogP contribution in [-0.4, -0.2) is 129 Å². The molecule has 15 nitrogen and oxygen atoms in total. The van der Waals surface area contributed by atoms with Gasteiger partial charge in [-0.15, -0.1) is 0 Å². The van der Waals surface area contributed by atoms with Crippen LogP contribution in [0.4, 0.5) is 0 Å². The van der Waals surface area contributed by atoms with Gasteiger partial charge in [-0.3, -0.25) is 9.59 Å². The normalized spacial score (nSPS) is 29.5. The Balaban J connectivity index is 0.000000395. The number of hydrogen-bond donors (Lipinski definition) is 7. The average Bonchev–Trinajstić information content (AvgIpc) is 3.86. The van der Waals surface area contributed by atoms with Crippen molar-refractivity contribution in [3.63, 3.8) is 0 Å². The number of likely N-dealkylation sites (tertiary alicyclic amines) is 1. The van der Waals surface area contributed by atoms with Crippen LogP contribution in [0.1, 0.15) is 48.0 Å². The van der Waals surface area contributed by atoms with Gasteiger partial charge in [-0.25, -0.2) is 4.79 Å². The molecular formula is C32H43N3O12S. The molecule has 5 rings (SSSR count). The topological polar surface area (TPSA) is 220 Å². The molecule has 1 aromatic carbocycles. The van der Waals surface area contributed by atoms with Crippen LogP contribution in [0, 0.1) is 0 Å². The van der Waals surface area contributed by atoms with Crippen molar-refractivity contribution in [3.05, 3.63) is 47.6 Å². The van der Waals surface area contributed by atoms with Crippen molar-refractivity contribution in [1.82, 2.24) is 10.2 Å². The lowest BCUT2D eigenvalue weighted by molar-refractivity contribution is -0.144. The van der Waals surface area contributed by atoms with Gasteiger partial charge in [0.05, 0.1) is 30.7 Å². The number of nitrogens with one attached hydrogen (secondary N) is 1. The molecule has 48 heavy (non-hydrogen) atoms. The maximum atomic E-state index is 12.7. The SMILES string of the molecule is O=C(CS)NC1/C=C/CCOC(=O)c2c(O)cc(O)cc2CC(=N\OCC(=O)N2CCCCC2)/C=C/C1.OCC1OC2OC2C(O)C1O. The van der Waals surface area contributed by atoms with E-state index in [1.807, 2.05) is 0 Å². The van der Waals surface area contributed by atoms with Crippen LogP contribution in [0.3, 0.4) is 0 Å². The first-order valence-corrected chi connectivity index (χ1v) is 16.4. The number of rotatable bonds is 6. The molecule has 6 unspecified atom stereocenters. The van der Waals surface area contributed by atoms with E-state index < -0.39 is 42.4 Å². The highest BCUT2D eigenvalue weighted by Gasteiger charge is 2.55. The fraction of sp³-hybridized carbons (Fsp3) is 0.562. The molecule has 0 radical (unpaired) electrons. The largest absolute Gasteiger partial charge is 0.508 e. The Morgan fingerprint density at radius 2 is 1.85 bits per heavy atom. The quantitative estimate of drug-likeness (QED) is 0.0705. The van der Waals surface area contributed by atoms with E-state index in [1.54, 1.807) is 29.2 Å². The number of aliphatic hydroxyl groups is 3. The second kappa shape index (κ2) is 18.2. The van der Waals surface area contributed by atoms with Crippen molar-refractivity contribution in [2.45, 2.75) is 75.3 Å². The van der Waals surface area contributed by atoms with E-state index in [0.29, 0.717) is 31.6 Å². The molecule has 2 amide bonds. The Hall–Kier alpha value is -3.67. The Bertz CT molecular complexity index is 1370. The first-order chi connectivity index (χ1) is 23.1. The number of nitrogens with zero attached hydrogens (tertiary/aromatic N) is 2. The van der Waals surface area contributed by atoms with Crippen LogP contribution >= 0.6 is 12.6 Å². The molecule has 0 aliphatic carbocycles. The number of oxime groups is 1. The third-order valence-corrected chi connectivity index (χ3v) is 8.24. The zero-order chi connectivity index (χ0) is 34.6. The van der Waals surface area contributed by atoms with Crippen LogP contribution in [0.15, 0.2) is 41.6 Å². The first-order valence-electron chi connectivity index (χ1n) is 15.8. The molecule has 0 spiro atoms. The summed E-state index contributed by atoms with van der Waals surface area (Å²) in [5, 5.41) is 54.5. The molecule has 3 saturated heterocycles. The molecule has 264 valence electrons. The van der Waals surface area contributed by atoms with E-state index in [2.05, 4.69) is 23.1 Å². The predicted octanol–water partition coefficient (Wildman–Crippen LogP) is 0.327. The van der Waals surface area contributed by atoms with Crippen LogP contribution in [-0.2, 0) is 35.1 Å². The maximum Gasteiger partial charge on any atom is 0.342 e. The number of amides is 2. The number of fused-ring (bicyclic) bond motifs is 2. The van der Waals surface area contributed by atoms with Crippen LogP contribution in [0.25, 0.3) is 0 Å². The lowest BCUT2D eigenvalue weighted by Crippen LogP contribution is -2.48. The number of phenolic OH excluding ortho intramolecular Hbond substituents is 2. The van der Waals surface area contributed by atoms with Gasteiger partial charge in [0.25, 0.3) is 5.91 Å². The van der Waals surface area contributed by atoms with E-state index in [9.17, 15) is 34.8 Å². The van der Waals surface area contributed by atoms with Crippen molar-refractivity contribution >= 4 is 36.1 Å². The van der Waals surface area contributed by atoms with E-state index in [1.165, 1.54) is 6.07 Å². The van der Waals surface area contributed by atoms with Gasteiger partial charge < -0.3 is 54.8 Å². The Morgan fingerprint density at radius 1 is 1.08 bits per heavy atom. The summed E-state index contributed by atoms with van der Waals surface area (Å²) in [5.41, 5.74) is 0.540. The van der Waals surface area contributed by atoms with Crippen molar-refractivity contribution in [3.8, 4) is 11.5 Å². The van der Waals surface area contributed by atoms with Gasteiger partial charge >= 0.3 is 5.97 Å². The predicted molar refractivity (Wildman–Crippen MR) is 174 cm³/mol. The van der Waals surface area contributed by atoms with Crippen molar-refractivity contribution in [1.29, 1.82) is 0 Å². The molecule has 6 N–H and O–H groups in total. The highest BCUT2D eigenvalue weighted by molar-refractivity contribution is 7.81. The number of carbonyl (C=O) groups excluding carboxylic acids is 3. The number of aromatic hydroxyl groups is 2. The number of esters is 1. The minimum Gasteiger partial charge on any atom is -0.508 e. The second-order valence-corrected chi connectivity index (χ2v) is 11.9. The smallest absolute Gasteiger partial charge is 0.342 e. The van der Waals surface area contributed by atoms with Crippen molar-refractivity contribution < 1.29 is 59.0 Å². The number of carbonyl (C=O) groups is 3. The van der Waals surface area contributed by atoms with Crippen LogP contribution in [0.5, 0.6) is 11.5 Å². The monoisotopic (exact) mass is 693 g/mol. The van der Waals surface area contributed by atoms with Gasteiger partial charge in [-0.05, 0) is 49.8 Å². The molecule has 0 aromatic heterocycles. The Morgan fingerprint density at radius 3 is 2.58 bits per heavy atom. The minimum absolute atomic E-state index is 0.00427. The van der Waals surface area contributed by atoms with Crippen LogP contribution < -0.4 is 5.32 Å². The third-order valence-electron chi connectivity index (χ3n) is 7.95. The Kier molecular flexibility index (Phi) is 14.1. The lowest BCUT2D eigenvalue weighted by atomic mass is 9.99. The molecule has 4 aliphatic rings. The fourth-order valence-corrected chi connectivity index (χ4v) is 5.48. The van der Waals surface area contributed by atoms with Crippen molar-refractivity contribution in [2.24, 2.45) is 5.16 Å². The number of benzene rings is 1. The van der Waals surface area contributed by atoms with Gasteiger partial charge in [0.2, 0.25) is 5.91 Å². The van der Waals surface area contributed by atoms with Crippen LogP contribution in [0.2, 0.25) is 0 Å². The molecule has 0 bridgehead atoms. The number of allylic oxidation sites excluding steroid dienone is 1. The summed E-state index contributed by atoms with van der Waals surface area (Å²) < 4.78 is 15.2. The zero-order valence-electron chi connectivity index (χ0n) is 26.3. The van der Waals surface area contributed by atoms with Gasteiger partial charge in [-0.1, -0.05) is 23.4 Å². The van der Waals surface area contributed by atoms with Gasteiger partial charge in [-0.2, -0.15) is 12.6 Å². The molecule has 0 saturated carbocycles. The van der Waals surface area contributed by atoms with E-state index in [0.717, 1.165) is 25.3 Å². The molecule has 4 aliphatic heterocycles. The number of ether oxygens (including phenoxy) is 3. The fourth-order valence-electron chi connectivity index (χ4n) is 5.39. The molecule has 16 heteroatoms. The summed E-state index contributed by atoms with van der Waals surface area (Å²) in [4.78, 5) is 44.2. The average molecular weight is 694 g/mol. The van der Waals surface area contributed by atoms with Gasteiger partial charge in [0.15, 0.2) is 12.9 Å². The number of hydrogen-bond acceptors (Lipinski definition) is 14. The third kappa shape index (κ3) is 10.7. The molecule has 3 fully saturated rings. The maximum absolute atomic E-state index is 12.7. The minimum atomic E-state index is -1.04. The number of thiol groups is 1. The van der Waals surface area contributed by atoms with Gasteiger partial charge in [0.1, 0.15) is 41.5 Å². The molecule has 4 heterocycles. The molecule has 1 aromatic rings. The molecular weight excluding hydrogens is 650 g/mol. The molecule has 6 atom stereocenters. The number of phenols is 2. The Labute approximate surface area is 283 Å². The van der Waals surface area contributed by atoms with Crippen molar-refractivity contribution in [2.75, 3.05) is 38.7 Å². The highest BCUT2D eigenvalue weighted by atomic mass is 32.1. The standard InChI is InChI=1S/C26H33N3O7S.C6H10O5/c30-21-14-18-13-20(28-36-16-24(33)29-10-3-1-4-11-29)9-6-8-19(27-23(32)17-37)7-2-5-12-35-26(34)25(18)22(31)15-21;7-1-2-3(8)4(9)5-6(10-2)11-5/h2,6-7,9,14-15,19,30-31,37H,1,3-5,8,10-13,16-17H2,(H,27,32);2-9H,1H2/b7-2+,9-6+,28-20-;. The summed E-state index contributed by atoms with van der Waals surface area (Å²) >= 11 is 4.00. The number of aliphatic hydroxyl groups excluding tert-OH is 3. The second-order valence-electron chi connectivity index (χ2n) is 11.6. The summed E-state index contributed by atoms with van der Waals surface area (Å²) in [7, 11) is 0. The summed E-state index contributed by atoms with van der Waals surface area (Å²) in [6, 6.07) is 2.09. The number of epoxide rings is 1. The number of piperidine rings is 1. The van der Waals surface area contributed by atoms with Gasteiger partial charge in [0, 0.05) is 25.6 Å². The summed E-state index contributed by atoms with van der Waals surface area (Å²) in [5.74, 6) is -1.74. The number of cyclic esters (lactones) is 1.